The van der Waals surface area contributed by atoms with Crippen LogP contribution in [-0.4, -0.2) is 52.1 Å². The fourth-order valence-corrected chi connectivity index (χ4v) is 4.43. The first-order valence-corrected chi connectivity index (χ1v) is 9.83. The smallest absolute Gasteiger partial charge is 0.299 e. The fourth-order valence-electron chi connectivity index (χ4n) is 4.16. The van der Waals surface area contributed by atoms with E-state index in [4.69, 9.17) is 16.9 Å². The first-order valence-electron chi connectivity index (χ1n) is 9.45. The quantitative estimate of drug-likeness (QED) is 0.707. The maximum atomic E-state index is 9.06. The number of nitriles is 1. The van der Waals surface area contributed by atoms with Gasteiger partial charge in [0, 0.05) is 12.0 Å². The van der Waals surface area contributed by atoms with Gasteiger partial charge in [0.05, 0.1) is 46.1 Å². The predicted octanol–water partition coefficient (Wildman–Crippen LogP) is 3.73. The molecular weight excluding hydrogens is 358 g/mol. The molecule has 0 unspecified atom stereocenters. The van der Waals surface area contributed by atoms with Crippen LogP contribution in [0.1, 0.15) is 36.0 Å². The summed E-state index contributed by atoms with van der Waals surface area (Å²) in [4.78, 5) is 2.37. The van der Waals surface area contributed by atoms with Gasteiger partial charge in [-0.2, -0.15) is 5.26 Å². The number of aromatic nitrogens is 2. The molecule has 0 bridgehead atoms. The number of nitrogens with zero attached hydrogens (tertiary/aromatic N) is 5. The Labute approximate surface area is 164 Å². The van der Waals surface area contributed by atoms with Crippen molar-refractivity contribution in [2.45, 2.75) is 32.6 Å². The molecule has 2 aliphatic heterocycles. The van der Waals surface area contributed by atoms with Crippen LogP contribution in [0, 0.1) is 18.3 Å². The average Bonchev–Trinajstić information content (AvgIpc) is 2.68. The molecular formula is C21H23ClN5+. The van der Waals surface area contributed by atoms with Crippen molar-refractivity contribution in [1.82, 2.24) is 15.1 Å². The number of rotatable bonds is 1. The Morgan fingerprint density at radius 3 is 2.81 bits per heavy atom. The number of fused-ring (bicyclic) bond motifs is 1. The lowest BCUT2D eigenvalue weighted by atomic mass is 9.96. The van der Waals surface area contributed by atoms with Gasteiger partial charge in [0.25, 0.3) is 0 Å². The zero-order valence-electron chi connectivity index (χ0n) is 15.8. The minimum absolute atomic E-state index is 0.544. The summed E-state index contributed by atoms with van der Waals surface area (Å²) in [6, 6.07) is 7.47. The number of likely N-dealkylation sites (tertiary alicyclic amines) is 1. The van der Waals surface area contributed by atoms with Crippen LogP contribution in [0.4, 0.5) is 5.82 Å². The summed E-state index contributed by atoms with van der Waals surface area (Å²) in [7, 11) is 2.18. The predicted molar refractivity (Wildman–Crippen MR) is 107 cm³/mol. The van der Waals surface area contributed by atoms with Gasteiger partial charge in [-0.15, -0.1) is 0 Å². The summed E-state index contributed by atoms with van der Waals surface area (Å²) in [5.41, 5.74) is 6.06. The van der Waals surface area contributed by atoms with Crippen molar-refractivity contribution < 1.29 is 4.58 Å². The van der Waals surface area contributed by atoms with E-state index < -0.39 is 0 Å². The van der Waals surface area contributed by atoms with Gasteiger partial charge in [0.15, 0.2) is 0 Å². The van der Waals surface area contributed by atoms with Crippen LogP contribution in [0.3, 0.4) is 0 Å². The summed E-state index contributed by atoms with van der Waals surface area (Å²) >= 11 is 6.43. The number of halogens is 1. The highest BCUT2D eigenvalue weighted by molar-refractivity contribution is 6.33. The highest BCUT2D eigenvalue weighted by Crippen LogP contribution is 2.35. The Kier molecular flexibility index (Phi) is 4.94. The first-order chi connectivity index (χ1) is 13.1. The molecule has 27 heavy (non-hydrogen) atoms. The molecule has 1 saturated heterocycles. The number of hydrogen-bond acceptors (Lipinski definition) is 4. The molecule has 0 saturated carbocycles. The summed E-state index contributed by atoms with van der Waals surface area (Å²) in [5, 5.41) is 18.8. The second-order valence-corrected chi connectivity index (χ2v) is 7.85. The van der Waals surface area contributed by atoms with Gasteiger partial charge in [0.2, 0.25) is 0 Å². The SMILES string of the molecule is Cc1c(-c2ccc(C#N)cc2Cl)nnc2c1CCC[N+]2=C1CCCN(C)C1. The Balaban J connectivity index is 1.80. The van der Waals surface area contributed by atoms with Gasteiger partial charge in [-0.05, 0) is 68.6 Å². The largest absolute Gasteiger partial charge is 0.354 e. The minimum Gasteiger partial charge on any atom is -0.299 e. The van der Waals surface area contributed by atoms with Gasteiger partial charge >= 0.3 is 5.82 Å². The molecule has 1 aromatic carbocycles. The van der Waals surface area contributed by atoms with E-state index >= 15 is 0 Å². The third kappa shape index (κ3) is 3.36. The molecule has 0 N–H and O–H groups in total. The van der Waals surface area contributed by atoms with E-state index in [-0.39, 0.29) is 0 Å². The van der Waals surface area contributed by atoms with E-state index in [2.05, 4.69) is 39.7 Å². The van der Waals surface area contributed by atoms with Crippen molar-refractivity contribution in [3.8, 4) is 17.3 Å². The third-order valence-corrected chi connectivity index (χ3v) is 5.89. The zero-order chi connectivity index (χ0) is 19.0. The first kappa shape index (κ1) is 18.1. The molecule has 0 atom stereocenters. The average molecular weight is 381 g/mol. The maximum absolute atomic E-state index is 9.06. The molecule has 0 amide bonds. The molecule has 2 aliphatic rings. The standard InChI is InChI=1S/C21H23ClN5/c1-14-17-6-4-10-27(16-5-3-9-26(2)13-16)21(17)25-24-20(14)18-8-7-15(12-23)11-19(18)22/h7-8,11H,3-6,9-10,13H2,1-2H3/q+1. The fraction of sp³-hybridized carbons (Fsp3) is 0.429. The second-order valence-electron chi connectivity index (χ2n) is 7.44. The van der Waals surface area contributed by atoms with Crippen molar-refractivity contribution in [3.05, 3.63) is 39.9 Å². The molecule has 138 valence electrons. The van der Waals surface area contributed by atoms with Gasteiger partial charge < -0.3 is 0 Å². The van der Waals surface area contributed by atoms with Crippen LogP contribution in [-0.2, 0) is 6.42 Å². The lowest BCUT2D eigenvalue weighted by Crippen LogP contribution is -2.38. The summed E-state index contributed by atoms with van der Waals surface area (Å²) < 4.78 is 2.39. The Morgan fingerprint density at radius 1 is 1.22 bits per heavy atom. The van der Waals surface area contributed by atoms with Crippen molar-refractivity contribution in [1.29, 1.82) is 5.26 Å². The Bertz CT molecular complexity index is 973. The van der Waals surface area contributed by atoms with Crippen LogP contribution in [0.2, 0.25) is 5.02 Å². The van der Waals surface area contributed by atoms with E-state index in [9.17, 15) is 0 Å². The topological polar surface area (TPSA) is 55.8 Å². The van der Waals surface area contributed by atoms with Gasteiger partial charge in [-0.25, -0.2) is 4.58 Å². The Morgan fingerprint density at radius 2 is 2.07 bits per heavy atom. The monoisotopic (exact) mass is 380 g/mol. The molecule has 5 nitrogen and oxygen atoms in total. The van der Waals surface area contributed by atoms with Crippen LogP contribution in [0.25, 0.3) is 11.3 Å². The molecule has 3 heterocycles. The van der Waals surface area contributed by atoms with Crippen LogP contribution < -0.4 is 0 Å². The molecule has 0 spiro atoms. The molecule has 2 aromatic rings. The summed E-state index contributed by atoms with van der Waals surface area (Å²) in [6.45, 7) is 5.29. The van der Waals surface area contributed by atoms with E-state index in [0.29, 0.717) is 10.6 Å². The number of hydrogen-bond donors (Lipinski definition) is 0. The number of piperidine rings is 1. The van der Waals surface area contributed by atoms with E-state index in [0.717, 1.165) is 61.5 Å². The lowest BCUT2D eigenvalue weighted by molar-refractivity contribution is -0.454. The summed E-state index contributed by atoms with van der Waals surface area (Å²) in [6.07, 6.45) is 4.46. The molecule has 0 radical (unpaired) electrons. The van der Waals surface area contributed by atoms with Crippen LogP contribution in [0.5, 0.6) is 0 Å². The molecule has 1 fully saturated rings. The molecule has 4 rings (SSSR count). The maximum Gasteiger partial charge on any atom is 0.354 e. The zero-order valence-corrected chi connectivity index (χ0v) is 16.6. The number of benzene rings is 1. The lowest BCUT2D eigenvalue weighted by Gasteiger charge is -2.26. The van der Waals surface area contributed by atoms with Gasteiger partial charge in [-0.3, -0.25) is 4.90 Å². The second kappa shape index (κ2) is 7.38. The van der Waals surface area contributed by atoms with Crippen LogP contribution >= 0.6 is 11.6 Å². The van der Waals surface area contributed by atoms with Gasteiger partial charge in [0.1, 0.15) is 5.69 Å². The highest BCUT2D eigenvalue weighted by Gasteiger charge is 2.31. The van der Waals surface area contributed by atoms with Crippen molar-refractivity contribution >= 4 is 23.1 Å². The van der Waals surface area contributed by atoms with Crippen LogP contribution in [0.15, 0.2) is 18.2 Å². The van der Waals surface area contributed by atoms with Gasteiger partial charge in [-0.1, -0.05) is 11.6 Å². The minimum atomic E-state index is 0.544. The summed E-state index contributed by atoms with van der Waals surface area (Å²) in [5.74, 6) is 1.01. The molecule has 1 aromatic heterocycles. The molecule has 6 heteroatoms. The van der Waals surface area contributed by atoms with Crippen molar-refractivity contribution in [2.75, 3.05) is 26.7 Å². The Hall–Kier alpha value is -2.29. The molecule has 0 aliphatic carbocycles. The van der Waals surface area contributed by atoms with Crippen molar-refractivity contribution in [3.63, 3.8) is 0 Å². The normalized spacial score (nSPS) is 20.2. The third-order valence-electron chi connectivity index (χ3n) is 5.58. The van der Waals surface area contributed by atoms with E-state index in [1.54, 1.807) is 12.1 Å². The highest BCUT2D eigenvalue weighted by atomic mass is 35.5. The van der Waals surface area contributed by atoms with E-state index in [1.165, 1.54) is 17.7 Å². The van der Waals surface area contributed by atoms with E-state index in [1.807, 2.05) is 6.07 Å². The van der Waals surface area contributed by atoms with Crippen molar-refractivity contribution in [2.24, 2.45) is 0 Å².